The van der Waals surface area contributed by atoms with Crippen molar-refractivity contribution in [2.75, 3.05) is 50.7 Å². The summed E-state index contributed by atoms with van der Waals surface area (Å²) in [6.45, 7) is 8.44. The number of carbonyl (C=O) groups is 2. The van der Waals surface area contributed by atoms with Crippen LogP contribution in [0, 0.1) is 5.92 Å². The minimum atomic E-state index is -1.01. The molecule has 0 radical (unpaired) electrons. The van der Waals surface area contributed by atoms with Gasteiger partial charge in [-0.1, -0.05) is 23.2 Å². The van der Waals surface area contributed by atoms with Gasteiger partial charge < -0.3 is 25.0 Å². The van der Waals surface area contributed by atoms with Gasteiger partial charge in [-0.2, -0.15) is 0 Å². The van der Waals surface area contributed by atoms with Gasteiger partial charge in [0.2, 0.25) is 17.7 Å². The Balaban J connectivity index is 1.29. The van der Waals surface area contributed by atoms with Gasteiger partial charge in [-0.3, -0.25) is 14.5 Å². The van der Waals surface area contributed by atoms with Crippen molar-refractivity contribution in [2.24, 2.45) is 5.92 Å². The quantitative estimate of drug-likeness (QED) is 0.356. The predicted octanol–water partition coefficient (Wildman–Crippen LogP) is 4.02. The fourth-order valence-corrected chi connectivity index (χ4v) is 6.01. The molecule has 2 aliphatic heterocycles. The molecule has 4 heterocycles. The zero-order valence-electron chi connectivity index (χ0n) is 24.9. The first-order valence-electron chi connectivity index (χ1n) is 14.8. The number of piperazine rings is 1. The number of amides is 2. The molecule has 2 amide bonds. The molecule has 0 aliphatic carbocycles. The second kappa shape index (κ2) is 14.5. The molecule has 0 bridgehead atoms. The zero-order chi connectivity index (χ0) is 31.2. The van der Waals surface area contributed by atoms with Crippen LogP contribution in [0.1, 0.15) is 32.3 Å². The first kappa shape index (κ1) is 31.9. The Bertz CT molecular complexity index is 1440. The number of rotatable bonds is 9. The molecular weight excluding hydrogens is 605 g/mol. The van der Waals surface area contributed by atoms with E-state index in [0.717, 1.165) is 43.6 Å². The van der Waals surface area contributed by atoms with Crippen LogP contribution in [0.15, 0.2) is 42.7 Å². The summed E-state index contributed by atoms with van der Waals surface area (Å²) in [6.07, 6.45) is 4.24. The third-order valence-electron chi connectivity index (χ3n) is 7.84. The number of halogens is 2. The number of nitrogens with one attached hydrogen (secondary N) is 1. The van der Waals surface area contributed by atoms with E-state index in [1.54, 1.807) is 30.3 Å². The van der Waals surface area contributed by atoms with Gasteiger partial charge >= 0.3 is 0 Å². The number of pyridine rings is 1. The molecule has 1 unspecified atom stereocenters. The highest BCUT2D eigenvalue weighted by Gasteiger charge is 2.25. The van der Waals surface area contributed by atoms with Gasteiger partial charge in [-0.15, -0.1) is 0 Å². The average Bonchev–Trinajstić information content (AvgIpc) is 3.00. The van der Waals surface area contributed by atoms with Crippen molar-refractivity contribution < 1.29 is 19.4 Å². The molecule has 2 aromatic heterocycles. The second-order valence-corrected chi connectivity index (χ2v) is 12.2. The normalized spacial score (nSPS) is 16.9. The number of aliphatic hydroxyl groups is 1. The van der Waals surface area contributed by atoms with Crippen LogP contribution in [0.4, 0.5) is 5.95 Å². The van der Waals surface area contributed by atoms with Gasteiger partial charge in [-0.25, -0.2) is 15.0 Å². The van der Waals surface area contributed by atoms with Gasteiger partial charge in [0.05, 0.1) is 18.1 Å². The zero-order valence-corrected chi connectivity index (χ0v) is 26.4. The van der Waals surface area contributed by atoms with E-state index in [0.29, 0.717) is 72.0 Å². The molecule has 11 nitrogen and oxygen atoms in total. The van der Waals surface area contributed by atoms with Gasteiger partial charge in [0.25, 0.3) is 5.91 Å². The Kier molecular flexibility index (Phi) is 10.5. The highest BCUT2D eigenvalue weighted by atomic mass is 35.5. The van der Waals surface area contributed by atoms with Crippen molar-refractivity contribution in [3.63, 3.8) is 0 Å². The number of hydrogen-bond acceptors (Lipinski definition) is 9. The van der Waals surface area contributed by atoms with Crippen LogP contribution >= 0.6 is 23.2 Å². The molecule has 2 fully saturated rings. The molecule has 44 heavy (non-hydrogen) atoms. The molecule has 13 heteroatoms. The van der Waals surface area contributed by atoms with Crippen molar-refractivity contribution in [3.8, 4) is 22.9 Å². The third kappa shape index (κ3) is 8.56. The van der Waals surface area contributed by atoms with Crippen molar-refractivity contribution in [3.05, 3.63) is 58.3 Å². The maximum atomic E-state index is 12.1. The molecule has 2 saturated heterocycles. The van der Waals surface area contributed by atoms with Crippen LogP contribution in [-0.4, -0.2) is 93.6 Å². The lowest BCUT2D eigenvalue weighted by atomic mass is 9.96. The smallest absolute Gasteiger partial charge is 0.251 e. The lowest BCUT2D eigenvalue weighted by Gasteiger charge is -2.35. The Hall–Kier alpha value is -3.51. The largest absolute Gasteiger partial charge is 0.436 e. The van der Waals surface area contributed by atoms with Crippen LogP contribution in [0.2, 0.25) is 10.0 Å². The van der Waals surface area contributed by atoms with E-state index in [1.165, 1.54) is 6.92 Å². The van der Waals surface area contributed by atoms with Crippen molar-refractivity contribution in [1.82, 2.24) is 30.1 Å². The van der Waals surface area contributed by atoms with Gasteiger partial charge in [0, 0.05) is 67.9 Å². The summed E-state index contributed by atoms with van der Waals surface area (Å²) < 4.78 is 6.16. The highest BCUT2D eigenvalue weighted by Crippen LogP contribution is 2.31. The maximum absolute atomic E-state index is 12.1. The lowest BCUT2D eigenvalue weighted by Crippen LogP contribution is -2.51. The summed E-state index contributed by atoms with van der Waals surface area (Å²) in [5, 5.41) is 13.6. The Morgan fingerprint density at radius 3 is 2.27 bits per heavy atom. The van der Waals surface area contributed by atoms with Crippen LogP contribution in [0.25, 0.3) is 11.3 Å². The number of hydrogen-bond donors (Lipinski definition) is 2. The minimum Gasteiger partial charge on any atom is -0.436 e. The Morgan fingerprint density at radius 1 is 1.00 bits per heavy atom. The van der Waals surface area contributed by atoms with E-state index in [2.05, 4.69) is 20.2 Å². The van der Waals surface area contributed by atoms with E-state index in [4.69, 9.17) is 32.9 Å². The van der Waals surface area contributed by atoms with E-state index >= 15 is 0 Å². The van der Waals surface area contributed by atoms with E-state index in [1.807, 2.05) is 29.2 Å². The maximum Gasteiger partial charge on any atom is 0.251 e. The fraction of sp³-hybridized carbons (Fsp3) is 0.452. The Labute approximate surface area is 267 Å². The van der Waals surface area contributed by atoms with Crippen LogP contribution in [0.3, 0.4) is 0 Å². The predicted molar refractivity (Wildman–Crippen MR) is 169 cm³/mol. The van der Waals surface area contributed by atoms with E-state index in [-0.39, 0.29) is 11.8 Å². The highest BCUT2D eigenvalue weighted by molar-refractivity contribution is 6.35. The summed E-state index contributed by atoms with van der Waals surface area (Å²) >= 11 is 12.6. The summed E-state index contributed by atoms with van der Waals surface area (Å²) in [5.74, 6) is 1.60. The number of benzene rings is 1. The molecule has 5 rings (SSSR count). The number of ether oxygens (including phenoxy) is 1. The number of nitrogens with zero attached hydrogens (tertiary/aromatic N) is 6. The van der Waals surface area contributed by atoms with Crippen LogP contribution < -0.4 is 15.0 Å². The fourth-order valence-electron chi connectivity index (χ4n) is 5.48. The second-order valence-electron chi connectivity index (χ2n) is 11.3. The van der Waals surface area contributed by atoms with Gasteiger partial charge in [0.1, 0.15) is 6.10 Å². The number of aliphatic hydroxyl groups excluding tert-OH is 1. The van der Waals surface area contributed by atoms with Gasteiger partial charge in [-0.05, 0) is 68.6 Å². The molecule has 2 N–H and O–H groups in total. The molecule has 234 valence electrons. The molecule has 3 aromatic rings. The number of anilines is 1. The SMILES string of the molecule is CC(=O)NCC1CCN(Cc2cc(Oc3cnc(N4CCN(C(=O)C(C)O)CC4)nc3)nc(-c3cc(Cl)cc(Cl)c3)c2)CC1. The first-order chi connectivity index (χ1) is 21.1. The molecular formula is C31H37Cl2N7O4. The number of carbonyl (C=O) groups excluding carboxylic acids is 2. The molecule has 2 aliphatic rings. The van der Waals surface area contributed by atoms with Crippen molar-refractivity contribution in [2.45, 2.75) is 39.3 Å². The van der Waals surface area contributed by atoms with Crippen molar-refractivity contribution >= 4 is 41.0 Å². The summed E-state index contributed by atoms with van der Waals surface area (Å²) in [7, 11) is 0. The topological polar surface area (TPSA) is 124 Å². The van der Waals surface area contributed by atoms with E-state index in [9.17, 15) is 14.7 Å². The first-order valence-corrected chi connectivity index (χ1v) is 15.5. The molecule has 1 atom stereocenters. The monoisotopic (exact) mass is 641 g/mol. The van der Waals surface area contributed by atoms with Gasteiger partial charge in [0.15, 0.2) is 5.75 Å². The summed E-state index contributed by atoms with van der Waals surface area (Å²) in [5.41, 5.74) is 2.50. The average molecular weight is 643 g/mol. The van der Waals surface area contributed by atoms with Crippen LogP contribution in [-0.2, 0) is 16.1 Å². The number of likely N-dealkylation sites (tertiary alicyclic amines) is 1. The third-order valence-corrected chi connectivity index (χ3v) is 8.28. The number of piperidine rings is 1. The van der Waals surface area contributed by atoms with E-state index < -0.39 is 6.10 Å². The minimum absolute atomic E-state index is 0.00916. The molecule has 0 spiro atoms. The lowest BCUT2D eigenvalue weighted by molar-refractivity contribution is -0.139. The standard InChI is InChI=1S/C31H37Cl2N7O4/c1-20(41)30(43)39-7-9-40(10-8-39)31-35-17-27(18-36-31)44-29-12-23(11-28(37-29)24-13-25(32)15-26(33)14-24)19-38-5-3-22(4-6-38)16-34-21(2)42/h11-15,17-18,20,22,41H,3-10,16,19H2,1-2H3,(H,34,42). The van der Waals surface area contributed by atoms with Crippen LogP contribution in [0.5, 0.6) is 11.6 Å². The molecule has 1 aromatic carbocycles. The summed E-state index contributed by atoms with van der Waals surface area (Å²) in [4.78, 5) is 43.2. The Morgan fingerprint density at radius 2 is 1.66 bits per heavy atom. The van der Waals surface area contributed by atoms with Crippen molar-refractivity contribution in [1.29, 1.82) is 0 Å². The molecule has 0 saturated carbocycles. The summed E-state index contributed by atoms with van der Waals surface area (Å²) in [6, 6.07) is 9.28. The number of aromatic nitrogens is 3.